The number of benzene rings is 2. The van der Waals surface area contributed by atoms with E-state index >= 15 is 0 Å². The molecular weight excluding hydrogens is 431 g/mol. The van der Waals surface area contributed by atoms with Crippen LogP contribution in [0.15, 0.2) is 67.0 Å². The number of halogens is 2. The van der Waals surface area contributed by atoms with Gasteiger partial charge in [-0.2, -0.15) is 0 Å². The van der Waals surface area contributed by atoms with E-state index in [0.717, 1.165) is 18.4 Å². The number of amides is 2. The van der Waals surface area contributed by atoms with Crippen molar-refractivity contribution in [2.45, 2.75) is 30.8 Å². The molecule has 164 valence electrons. The molecule has 1 fully saturated rings. The zero-order chi connectivity index (χ0) is 22.7. The minimum absolute atomic E-state index is 0.0725. The van der Waals surface area contributed by atoms with E-state index in [-0.39, 0.29) is 18.2 Å². The fraction of sp³-hybridized carbons (Fsp3) is 0.208. The summed E-state index contributed by atoms with van der Waals surface area (Å²) in [7, 11) is 0. The van der Waals surface area contributed by atoms with Crippen molar-refractivity contribution in [3.8, 4) is 0 Å². The van der Waals surface area contributed by atoms with E-state index in [1.54, 1.807) is 54.9 Å². The molecule has 0 saturated heterocycles. The molecule has 3 aromatic rings. The van der Waals surface area contributed by atoms with Gasteiger partial charge in [-0.1, -0.05) is 29.8 Å². The molecule has 32 heavy (non-hydrogen) atoms. The molecule has 6 nitrogen and oxygen atoms in total. The van der Waals surface area contributed by atoms with Gasteiger partial charge in [0.15, 0.2) is 0 Å². The summed E-state index contributed by atoms with van der Waals surface area (Å²) in [5, 5.41) is 6.09. The van der Waals surface area contributed by atoms with E-state index in [1.807, 2.05) is 0 Å². The first-order valence-electron chi connectivity index (χ1n) is 10.2. The summed E-state index contributed by atoms with van der Waals surface area (Å²) in [4.78, 5) is 28.9. The summed E-state index contributed by atoms with van der Waals surface area (Å²) >= 11 is 6.18. The number of carbonyl (C=O) groups excluding carboxylic acids is 2. The standard InChI is InChI=1S/C24H22ClFN4O2/c25-20-13-17(26)5-6-19(20)24(9-10-24)30-22(31)14-21(27)15-1-3-16(4-2-15)23(32)29-18-7-11-28-12-8-18/h1-8,11-13,21H,9-10,14,27H2,(H,30,31)(H,28,29,32). The molecular formula is C24H22ClFN4O2. The molecule has 1 unspecified atom stereocenters. The van der Waals surface area contributed by atoms with E-state index in [2.05, 4.69) is 15.6 Å². The van der Waals surface area contributed by atoms with E-state index in [9.17, 15) is 14.0 Å². The normalized spacial score (nSPS) is 15.0. The van der Waals surface area contributed by atoms with Gasteiger partial charge >= 0.3 is 0 Å². The maximum atomic E-state index is 13.3. The van der Waals surface area contributed by atoms with Crippen molar-refractivity contribution in [3.63, 3.8) is 0 Å². The molecule has 1 saturated carbocycles. The molecule has 0 aliphatic heterocycles. The lowest BCUT2D eigenvalue weighted by molar-refractivity contribution is -0.122. The van der Waals surface area contributed by atoms with Crippen molar-refractivity contribution < 1.29 is 14.0 Å². The zero-order valence-corrected chi connectivity index (χ0v) is 17.9. The van der Waals surface area contributed by atoms with Crippen molar-refractivity contribution in [2.24, 2.45) is 5.73 Å². The van der Waals surface area contributed by atoms with Crippen LogP contribution in [0.5, 0.6) is 0 Å². The molecule has 2 aromatic carbocycles. The van der Waals surface area contributed by atoms with E-state index in [0.29, 0.717) is 21.8 Å². The van der Waals surface area contributed by atoms with Crippen LogP contribution in [-0.2, 0) is 10.3 Å². The molecule has 1 aromatic heterocycles. The highest BCUT2D eigenvalue weighted by atomic mass is 35.5. The number of nitrogens with one attached hydrogen (secondary N) is 2. The SMILES string of the molecule is NC(CC(=O)NC1(c2ccc(F)cc2Cl)CC1)c1ccc(C(=O)Nc2ccncc2)cc1. The average Bonchev–Trinajstić information content (AvgIpc) is 3.54. The summed E-state index contributed by atoms with van der Waals surface area (Å²) in [6.45, 7) is 0. The predicted octanol–water partition coefficient (Wildman–Crippen LogP) is 4.32. The monoisotopic (exact) mass is 452 g/mol. The average molecular weight is 453 g/mol. The van der Waals surface area contributed by atoms with Crippen LogP contribution in [0.25, 0.3) is 0 Å². The van der Waals surface area contributed by atoms with E-state index in [4.69, 9.17) is 17.3 Å². The van der Waals surface area contributed by atoms with Crippen LogP contribution in [0.4, 0.5) is 10.1 Å². The summed E-state index contributed by atoms with van der Waals surface area (Å²) in [5.74, 6) is -0.878. The molecule has 1 aliphatic carbocycles. The second kappa shape index (κ2) is 9.06. The Morgan fingerprint density at radius 3 is 2.41 bits per heavy atom. The molecule has 0 bridgehead atoms. The van der Waals surface area contributed by atoms with E-state index < -0.39 is 17.4 Å². The largest absolute Gasteiger partial charge is 0.346 e. The Morgan fingerprint density at radius 1 is 1.09 bits per heavy atom. The topological polar surface area (TPSA) is 97.1 Å². The lowest BCUT2D eigenvalue weighted by atomic mass is 10.0. The number of aromatic nitrogens is 1. The third-order valence-electron chi connectivity index (χ3n) is 5.52. The Kier molecular flexibility index (Phi) is 6.21. The van der Waals surface area contributed by atoms with Gasteiger partial charge in [0, 0.05) is 41.1 Å². The maximum absolute atomic E-state index is 13.3. The molecule has 4 N–H and O–H groups in total. The number of anilines is 1. The Balaban J connectivity index is 1.36. The molecule has 8 heteroatoms. The minimum atomic E-state index is -0.559. The summed E-state index contributed by atoms with van der Waals surface area (Å²) in [6.07, 6.45) is 4.74. The van der Waals surface area contributed by atoms with Gasteiger partial charge in [0.25, 0.3) is 5.91 Å². The first-order valence-corrected chi connectivity index (χ1v) is 10.6. The number of hydrogen-bond donors (Lipinski definition) is 3. The highest BCUT2D eigenvalue weighted by molar-refractivity contribution is 6.31. The lowest BCUT2D eigenvalue weighted by Crippen LogP contribution is -2.36. The smallest absolute Gasteiger partial charge is 0.255 e. The van der Waals surface area contributed by atoms with Gasteiger partial charge in [-0.05, 0) is 60.4 Å². The Bertz CT molecular complexity index is 1130. The van der Waals surface area contributed by atoms with Gasteiger partial charge in [-0.25, -0.2) is 4.39 Å². The molecule has 0 radical (unpaired) electrons. The highest BCUT2D eigenvalue weighted by Crippen LogP contribution is 2.48. The highest BCUT2D eigenvalue weighted by Gasteiger charge is 2.47. The molecule has 1 heterocycles. The van der Waals surface area contributed by atoms with Crippen LogP contribution in [-0.4, -0.2) is 16.8 Å². The number of rotatable bonds is 7. The summed E-state index contributed by atoms with van der Waals surface area (Å²) < 4.78 is 13.3. The number of hydrogen-bond acceptors (Lipinski definition) is 4. The molecule has 0 spiro atoms. The van der Waals surface area contributed by atoms with E-state index in [1.165, 1.54) is 12.1 Å². The van der Waals surface area contributed by atoms with Crippen LogP contribution < -0.4 is 16.4 Å². The van der Waals surface area contributed by atoms with Gasteiger partial charge in [-0.15, -0.1) is 0 Å². The van der Waals surface area contributed by atoms with Crippen molar-refractivity contribution >= 4 is 29.1 Å². The quantitative estimate of drug-likeness (QED) is 0.497. The van der Waals surface area contributed by atoms with Crippen LogP contribution in [0.2, 0.25) is 5.02 Å². The van der Waals surface area contributed by atoms with Crippen molar-refractivity contribution in [1.29, 1.82) is 0 Å². The first-order chi connectivity index (χ1) is 15.4. The summed E-state index contributed by atoms with van der Waals surface area (Å²) in [6, 6.07) is 13.9. The van der Waals surface area contributed by atoms with Gasteiger partial charge < -0.3 is 16.4 Å². The minimum Gasteiger partial charge on any atom is -0.346 e. The van der Waals surface area contributed by atoms with Gasteiger partial charge in [-0.3, -0.25) is 14.6 Å². The number of nitrogens with zero attached hydrogens (tertiary/aromatic N) is 1. The van der Waals surface area contributed by atoms with Crippen molar-refractivity contribution in [3.05, 3.63) is 94.5 Å². The predicted molar refractivity (Wildman–Crippen MR) is 121 cm³/mol. The van der Waals surface area contributed by atoms with Gasteiger partial charge in [0.1, 0.15) is 5.82 Å². The third-order valence-corrected chi connectivity index (χ3v) is 5.83. The number of pyridine rings is 1. The molecule has 2 amide bonds. The van der Waals surface area contributed by atoms with Crippen molar-refractivity contribution in [1.82, 2.24) is 10.3 Å². The second-order valence-corrected chi connectivity index (χ2v) is 8.28. The number of nitrogens with two attached hydrogens (primary N) is 1. The fourth-order valence-corrected chi connectivity index (χ4v) is 3.97. The fourth-order valence-electron chi connectivity index (χ4n) is 3.62. The zero-order valence-electron chi connectivity index (χ0n) is 17.1. The maximum Gasteiger partial charge on any atom is 0.255 e. The molecule has 4 rings (SSSR count). The Labute approximate surface area is 190 Å². The third kappa shape index (κ3) is 4.95. The molecule has 1 aliphatic rings. The first kappa shape index (κ1) is 21.9. The summed E-state index contributed by atoms with van der Waals surface area (Å²) in [5.41, 5.74) is 8.25. The van der Waals surface area contributed by atoms with Crippen LogP contribution in [0.3, 0.4) is 0 Å². The van der Waals surface area contributed by atoms with Crippen LogP contribution in [0.1, 0.15) is 46.8 Å². The Hall–Kier alpha value is -3.29. The van der Waals surface area contributed by atoms with Gasteiger partial charge in [0.2, 0.25) is 5.91 Å². The number of carbonyl (C=O) groups is 2. The van der Waals surface area contributed by atoms with Crippen LogP contribution in [0, 0.1) is 5.82 Å². The Morgan fingerprint density at radius 2 is 1.78 bits per heavy atom. The second-order valence-electron chi connectivity index (χ2n) is 7.88. The van der Waals surface area contributed by atoms with Gasteiger partial charge in [0.05, 0.1) is 5.54 Å². The van der Waals surface area contributed by atoms with Crippen LogP contribution >= 0.6 is 11.6 Å². The lowest BCUT2D eigenvalue weighted by Gasteiger charge is -2.21. The van der Waals surface area contributed by atoms with Crippen molar-refractivity contribution in [2.75, 3.05) is 5.32 Å². The molecule has 1 atom stereocenters.